The summed E-state index contributed by atoms with van der Waals surface area (Å²) in [5.41, 5.74) is 9.48. The summed E-state index contributed by atoms with van der Waals surface area (Å²) in [6, 6.07) is 48.6. The van der Waals surface area contributed by atoms with Gasteiger partial charge in [0.15, 0.2) is 13.9 Å². The molecule has 0 aliphatic carbocycles. The van der Waals surface area contributed by atoms with Gasteiger partial charge in [0.1, 0.15) is 8.07 Å². The van der Waals surface area contributed by atoms with Crippen LogP contribution in [0.2, 0.25) is 13.1 Å². The lowest BCUT2D eigenvalue weighted by molar-refractivity contribution is 0.104. The van der Waals surface area contributed by atoms with Gasteiger partial charge in [-0.2, -0.15) is 0 Å². The van der Waals surface area contributed by atoms with Gasteiger partial charge in [-0.1, -0.05) is 147 Å². The first-order chi connectivity index (χ1) is 20.5. The van der Waals surface area contributed by atoms with Crippen molar-refractivity contribution in [2.24, 2.45) is 0 Å². The standard InChI is InChI=1S/C39H28OSi2/c1-41(2)33-18-7-3-15-29(33)31-16-11-17-32(39(31)41)38(40)25-22-23-30-28-14-6-10-21-36(28)42(37(30)24-25)34-19-8-4-12-26(34)27-13-5-9-20-35(27)42/h3-24H,1-2H3. The fourth-order valence-electron chi connectivity index (χ4n) is 8.43. The number of hydrogen-bond acceptors (Lipinski definition) is 1. The summed E-state index contributed by atoms with van der Waals surface area (Å²) in [5.74, 6) is 0.141. The summed E-state index contributed by atoms with van der Waals surface area (Å²) >= 11 is 0. The van der Waals surface area contributed by atoms with Crippen LogP contribution in [0.4, 0.5) is 0 Å². The minimum absolute atomic E-state index is 0.141. The Morgan fingerprint density at radius 2 is 0.905 bits per heavy atom. The fraction of sp³-hybridized carbons (Fsp3) is 0.0513. The molecule has 1 nitrogen and oxygen atoms in total. The van der Waals surface area contributed by atoms with Gasteiger partial charge < -0.3 is 0 Å². The van der Waals surface area contributed by atoms with Crippen molar-refractivity contribution in [1.29, 1.82) is 0 Å². The third-order valence-electron chi connectivity index (χ3n) is 10.1. The molecule has 0 saturated carbocycles. The molecule has 3 heterocycles. The van der Waals surface area contributed by atoms with E-state index < -0.39 is 16.1 Å². The molecular formula is C39H28OSi2. The molecule has 0 bridgehead atoms. The summed E-state index contributed by atoms with van der Waals surface area (Å²) in [7, 11) is -4.61. The molecule has 0 aromatic heterocycles. The first-order valence-electron chi connectivity index (χ1n) is 14.7. The largest absolute Gasteiger partial charge is 0.289 e. The summed E-state index contributed by atoms with van der Waals surface area (Å²) in [6.45, 7) is 4.78. The van der Waals surface area contributed by atoms with E-state index in [0.29, 0.717) is 0 Å². The number of hydrogen-bond donors (Lipinski definition) is 0. The van der Waals surface area contributed by atoms with Gasteiger partial charge >= 0.3 is 0 Å². The van der Waals surface area contributed by atoms with E-state index in [4.69, 9.17) is 0 Å². The average molecular weight is 569 g/mol. The zero-order valence-corrected chi connectivity index (χ0v) is 25.6. The number of carbonyl (C=O) groups excluding carboxylic acids is 1. The molecule has 0 amide bonds. The van der Waals surface area contributed by atoms with Gasteiger partial charge in [-0.15, -0.1) is 0 Å². The van der Waals surface area contributed by atoms with E-state index in [-0.39, 0.29) is 5.78 Å². The molecule has 198 valence electrons. The van der Waals surface area contributed by atoms with E-state index >= 15 is 0 Å². The van der Waals surface area contributed by atoms with Crippen LogP contribution < -0.4 is 31.1 Å². The quantitative estimate of drug-likeness (QED) is 0.211. The first kappa shape index (κ1) is 24.1. The van der Waals surface area contributed by atoms with E-state index in [1.165, 1.54) is 64.5 Å². The molecule has 9 rings (SSSR count). The maximum Gasteiger partial charge on any atom is 0.192 e. The Bertz CT molecular complexity index is 2090. The monoisotopic (exact) mass is 568 g/mol. The summed E-state index contributed by atoms with van der Waals surface area (Å²) in [6.07, 6.45) is 0. The Morgan fingerprint density at radius 1 is 0.452 bits per heavy atom. The number of carbonyl (C=O) groups is 1. The predicted molar refractivity (Wildman–Crippen MR) is 180 cm³/mol. The highest BCUT2D eigenvalue weighted by Gasteiger charge is 2.54. The Labute approximate surface area is 248 Å². The minimum atomic E-state index is -2.57. The maximum absolute atomic E-state index is 14.6. The second-order valence-corrected chi connectivity index (χ2v) is 20.3. The van der Waals surface area contributed by atoms with Gasteiger partial charge in [-0.05, 0) is 64.5 Å². The zero-order chi connectivity index (χ0) is 28.2. The second-order valence-electron chi connectivity index (χ2n) is 12.4. The lowest BCUT2D eigenvalue weighted by Crippen LogP contribution is -2.70. The lowest BCUT2D eigenvalue weighted by Gasteiger charge is -2.28. The minimum Gasteiger partial charge on any atom is -0.289 e. The molecule has 3 aliphatic heterocycles. The summed E-state index contributed by atoms with van der Waals surface area (Å²) in [5, 5.41) is 8.36. The first-order valence-corrected chi connectivity index (χ1v) is 19.7. The van der Waals surface area contributed by atoms with Crippen LogP contribution in [-0.2, 0) is 0 Å². The van der Waals surface area contributed by atoms with Crippen molar-refractivity contribution in [3.63, 3.8) is 0 Å². The van der Waals surface area contributed by atoms with E-state index in [0.717, 1.165) is 11.1 Å². The van der Waals surface area contributed by atoms with Crippen molar-refractivity contribution >= 4 is 53.1 Å². The molecular weight excluding hydrogens is 541 g/mol. The van der Waals surface area contributed by atoms with Crippen LogP contribution in [-0.4, -0.2) is 21.9 Å². The topological polar surface area (TPSA) is 17.1 Å². The van der Waals surface area contributed by atoms with E-state index in [1.54, 1.807) is 0 Å². The fourth-order valence-corrected chi connectivity index (χ4v) is 17.5. The maximum atomic E-state index is 14.6. The second kappa shape index (κ2) is 8.25. The molecule has 0 radical (unpaired) electrons. The van der Waals surface area contributed by atoms with E-state index in [2.05, 4.69) is 147 Å². The molecule has 3 heteroatoms. The van der Waals surface area contributed by atoms with Gasteiger partial charge in [-0.3, -0.25) is 4.79 Å². The van der Waals surface area contributed by atoms with Crippen LogP contribution in [0.15, 0.2) is 133 Å². The van der Waals surface area contributed by atoms with Crippen molar-refractivity contribution < 1.29 is 4.79 Å². The highest BCUT2D eigenvalue weighted by atomic mass is 28.3. The number of rotatable bonds is 2. The summed E-state index contributed by atoms with van der Waals surface area (Å²) < 4.78 is 0. The highest BCUT2D eigenvalue weighted by Crippen LogP contribution is 2.36. The van der Waals surface area contributed by atoms with Crippen molar-refractivity contribution in [3.8, 4) is 33.4 Å². The predicted octanol–water partition coefficient (Wildman–Crippen LogP) is 5.06. The normalized spacial score (nSPS) is 15.4. The molecule has 6 aromatic carbocycles. The van der Waals surface area contributed by atoms with Crippen LogP contribution in [0.25, 0.3) is 33.4 Å². The van der Waals surface area contributed by atoms with Crippen molar-refractivity contribution in [1.82, 2.24) is 0 Å². The molecule has 0 fully saturated rings. The Hall–Kier alpha value is -4.58. The van der Waals surface area contributed by atoms with Crippen molar-refractivity contribution in [3.05, 3.63) is 145 Å². The van der Waals surface area contributed by atoms with Crippen LogP contribution in [0.3, 0.4) is 0 Å². The SMILES string of the molecule is C[Si]1(C)c2ccccc2-c2cccc(C(=O)c3ccc4c(c3)[Si]3(c5ccccc5-c5ccccc53)c3ccccc3-4)c21. The molecule has 3 aliphatic rings. The third-order valence-corrected chi connectivity index (χ3v) is 18.6. The molecule has 42 heavy (non-hydrogen) atoms. The van der Waals surface area contributed by atoms with E-state index in [9.17, 15) is 4.79 Å². The number of ketones is 1. The van der Waals surface area contributed by atoms with Crippen LogP contribution in [0.5, 0.6) is 0 Å². The van der Waals surface area contributed by atoms with Crippen LogP contribution in [0.1, 0.15) is 15.9 Å². The molecule has 0 N–H and O–H groups in total. The zero-order valence-electron chi connectivity index (χ0n) is 23.6. The van der Waals surface area contributed by atoms with Gasteiger partial charge in [0.25, 0.3) is 0 Å². The molecule has 0 atom stereocenters. The average Bonchev–Trinajstić information content (AvgIpc) is 3.60. The number of fused-ring (bicyclic) bond motifs is 13. The Morgan fingerprint density at radius 3 is 1.48 bits per heavy atom. The van der Waals surface area contributed by atoms with Crippen LogP contribution in [0, 0.1) is 0 Å². The Kier molecular flexibility index (Phi) is 4.73. The highest BCUT2D eigenvalue weighted by molar-refractivity contribution is 7.24. The lowest BCUT2D eigenvalue weighted by atomic mass is 9.96. The van der Waals surface area contributed by atoms with Gasteiger partial charge in [0.2, 0.25) is 0 Å². The van der Waals surface area contributed by atoms with Gasteiger partial charge in [0.05, 0.1) is 0 Å². The molecule has 1 spiro atoms. The molecule has 0 saturated heterocycles. The molecule has 0 unspecified atom stereocenters. The van der Waals surface area contributed by atoms with Gasteiger partial charge in [-0.25, -0.2) is 0 Å². The van der Waals surface area contributed by atoms with Gasteiger partial charge in [0, 0.05) is 11.1 Å². The summed E-state index contributed by atoms with van der Waals surface area (Å²) in [4.78, 5) is 14.6. The third kappa shape index (κ3) is 2.80. The molecule has 6 aromatic rings. The van der Waals surface area contributed by atoms with Crippen LogP contribution >= 0.6 is 0 Å². The number of benzene rings is 6. The smallest absolute Gasteiger partial charge is 0.192 e. The Balaban J connectivity index is 1.29. The van der Waals surface area contributed by atoms with Crippen molar-refractivity contribution in [2.45, 2.75) is 13.1 Å². The van der Waals surface area contributed by atoms with Crippen molar-refractivity contribution in [2.75, 3.05) is 0 Å². The van der Waals surface area contributed by atoms with E-state index in [1.807, 2.05) is 0 Å².